The Morgan fingerprint density at radius 2 is 2.47 bits per heavy atom. The van der Waals surface area contributed by atoms with Gasteiger partial charge in [-0.2, -0.15) is 0 Å². The molecular weight excluding hydrogens is 313 g/mol. The van der Waals surface area contributed by atoms with Crippen molar-refractivity contribution in [1.82, 2.24) is 9.88 Å². The Morgan fingerprint density at radius 3 is 3.11 bits per heavy atom. The summed E-state index contributed by atoms with van der Waals surface area (Å²) in [5.74, 6) is 0.272. The molecule has 1 aromatic heterocycles. The number of pyridine rings is 1. The van der Waals surface area contributed by atoms with Gasteiger partial charge in [-0.1, -0.05) is 6.08 Å². The number of hydrogen-bond acceptors (Lipinski definition) is 3. The molecule has 0 radical (unpaired) electrons. The summed E-state index contributed by atoms with van der Waals surface area (Å²) in [6.07, 6.45) is 4.67. The molecule has 0 spiro atoms. The summed E-state index contributed by atoms with van der Waals surface area (Å²) in [6.45, 7) is 1.81. The summed E-state index contributed by atoms with van der Waals surface area (Å²) in [5.41, 5.74) is 0. The third kappa shape index (κ3) is 4.72. The molecular formula is C13H15BrFN3O. The standard InChI is InChI=1S/C13H15BrFN3O/c14-10-3-4-12(16-8-10)17-13(19)2-1-6-18-7-5-11(15)9-18/h1-4,8,11H,5-7,9H2,(H,16,17,19)/b2-1+/t11-/m0/s1. The fraction of sp³-hybridized carbons (Fsp3) is 0.385. The molecule has 4 nitrogen and oxygen atoms in total. The zero-order valence-corrected chi connectivity index (χ0v) is 11.9. The third-order valence-electron chi connectivity index (χ3n) is 2.83. The minimum absolute atomic E-state index is 0.231. The minimum atomic E-state index is -0.728. The Labute approximate surface area is 119 Å². The molecule has 1 amide bonds. The Kier molecular flexibility index (Phi) is 5.04. The molecule has 1 aromatic rings. The van der Waals surface area contributed by atoms with Crippen LogP contribution < -0.4 is 5.32 Å². The van der Waals surface area contributed by atoms with Gasteiger partial charge in [-0.3, -0.25) is 9.69 Å². The van der Waals surface area contributed by atoms with Gasteiger partial charge >= 0.3 is 0 Å². The molecule has 1 aliphatic rings. The van der Waals surface area contributed by atoms with Gasteiger partial charge in [-0.15, -0.1) is 0 Å². The second kappa shape index (κ2) is 6.77. The van der Waals surface area contributed by atoms with Gasteiger partial charge in [0.2, 0.25) is 5.91 Å². The van der Waals surface area contributed by atoms with Crippen LogP contribution in [-0.4, -0.2) is 41.6 Å². The van der Waals surface area contributed by atoms with Crippen molar-refractivity contribution in [3.05, 3.63) is 35.0 Å². The molecule has 0 saturated carbocycles. The first-order valence-corrected chi connectivity index (χ1v) is 6.88. The van der Waals surface area contributed by atoms with Gasteiger partial charge < -0.3 is 5.32 Å². The van der Waals surface area contributed by atoms with Crippen LogP contribution in [0.25, 0.3) is 0 Å². The van der Waals surface area contributed by atoms with E-state index in [0.29, 0.717) is 25.3 Å². The monoisotopic (exact) mass is 327 g/mol. The first-order valence-electron chi connectivity index (χ1n) is 6.09. The fourth-order valence-electron chi connectivity index (χ4n) is 1.88. The highest BCUT2D eigenvalue weighted by atomic mass is 79.9. The van der Waals surface area contributed by atoms with Crippen LogP contribution in [0.2, 0.25) is 0 Å². The van der Waals surface area contributed by atoms with Crippen molar-refractivity contribution in [1.29, 1.82) is 0 Å². The van der Waals surface area contributed by atoms with Gasteiger partial charge in [-0.05, 0) is 34.5 Å². The van der Waals surface area contributed by atoms with E-state index in [-0.39, 0.29) is 5.91 Å². The fourth-order valence-corrected chi connectivity index (χ4v) is 2.11. The summed E-state index contributed by atoms with van der Waals surface area (Å²) in [4.78, 5) is 17.6. The SMILES string of the molecule is O=C(/C=C/CN1CC[C@H](F)C1)Nc1ccc(Br)cn1. The molecule has 1 saturated heterocycles. The lowest BCUT2D eigenvalue weighted by molar-refractivity contribution is -0.111. The van der Waals surface area contributed by atoms with E-state index >= 15 is 0 Å². The van der Waals surface area contributed by atoms with Crippen LogP contribution in [0.5, 0.6) is 0 Å². The average Bonchev–Trinajstić information content (AvgIpc) is 2.78. The lowest BCUT2D eigenvalue weighted by atomic mass is 10.3. The van der Waals surface area contributed by atoms with E-state index in [0.717, 1.165) is 11.0 Å². The topological polar surface area (TPSA) is 45.2 Å². The maximum atomic E-state index is 12.9. The molecule has 0 aromatic carbocycles. The highest BCUT2D eigenvalue weighted by Crippen LogP contribution is 2.12. The maximum absolute atomic E-state index is 12.9. The number of nitrogens with one attached hydrogen (secondary N) is 1. The van der Waals surface area contributed by atoms with Crippen molar-refractivity contribution in [2.45, 2.75) is 12.6 Å². The number of rotatable bonds is 4. The summed E-state index contributed by atoms with van der Waals surface area (Å²) < 4.78 is 13.8. The quantitative estimate of drug-likeness (QED) is 0.863. The van der Waals surface area contributed by atoms with E-state index in [1.54, 1.807) is 24.4 Å². The molecule has 1 atom stereocenters. The van der Waals surface area contributed by atoms with Crippen LogP contribution in [0.3, 0.4) is 0 Å². The minimum Gasteiger partial charge on any atom is -0.307 e. The highest BCUT2D eigenvalue weighted by Gasteiger charge is 2.20. The van der Waals surface area contributed by atoms with E-state index in [4.69, 9.17) is 0 Å². The van der Waals surface area contributed by atoms with E-state index in [1.807, 2.05) is 4.90 Å². The van der Waals surface area contributed by atoms with Crippen molar-refractivity contribution in [3.8, 4) is 0 Å². The molecule has 1 aliphatic heterocycles. The molecule has 2 heterocycles. The number of aromatic nitrogens is 1. The summed E-state index contributed by atoms with van der Waals surface area (Å²) in [6, 6.07) is 3.52. The number of alkyl halides is 1. The van der Waals surface area contributed by atoms with E-state index in [2.05, 4.69) is 26.2 Å². The van der Waals surface area contributed by atoms with Crippen LogP contribution in [0.4, 0.5) is 10.2 Å². The molecule has 6 heteroatoms. The predicted molar refractivity (Wildman–Crippen MR) is 75.7 cm³/mol. The maximum Gasteiger partial charge on any atom is 0.249 e. The number of carbonyl (C=O) groups excluding carboxylic acids is 1. The van der Waals surface area contributed by atoms with Crippen molar-refractivity contribution in [2.24, 2.45) is 0 Å². The smallest absolute Gasteiger partial charge is 0.249 e. The molecule has 19 heavy (non-hydrogen) atoms. The summed E-state index contributed by atoms with van der Waals surface area (Å²) in [7, 11) is 0. The second-order valence-electron chi connectivity index (χ2n) is 4.40. The van der Waals surface area contributed by atoms with Crippen molar-refractivity contribution in [2.75, 3.05) is 25.0 Å². The molecule has 2 rings (SSSR count). The Balaban J connectivity index is 1.76. The van der Waals surface area contributed by atoms with Gasteiger partial charge in [0, 0.05) is 36.4 Å². The molecule has 0 unspecified atom stereocenters. The number of anilines is 1. The van der Waals surface area contributed by atoms with E-state index < -0.39 is 6.17 Å². The van der Waals surface area contributed by atoms with Crippen LogP contribution in [0.15, 0.2) is 35.0 Å². The van der Waals surface area contributed by atoms with Gasteiger partial charge in [-0.25, -0.2) is 9.37 Å². The zero-order valence-electron chi connectivity index (χ0n) is 10.4. The molecule has 102 valence electrons. The largest absolute Gasteiger partial charge is 0.307 e. The van der Waals surface area contributed by atoms with Gasteiger partial charge in [0.1, 0.15) is 12.0 Å². The zero-order chi connectivity index (χ0) is 13.7. The van der Waals surface area contributed by atoms with Crippen molar-refractivity contribution < 1.29 is 9.18 Å². The first-order chi connectivity index (χ1) is 9.13. The Bertz CT molecular complexity index is 463. The number of likely N-dealkylation sites (tertiary alicyclic amines) is 1. The Morgan fingerprint density at radius 1 is 1.63 bits per heavy atom. The molecule has 0 bridgehead atoms. The number of hydrogen-bond donors (Lipinski definition) is 1. The average molecular weight is 328 g/mol. The van der Waals surface area contributed by atoms with Gasteiger partial charge in [0.25, 0.3) is 0 Å². The lowest BCUT2D eigenvalue weighted by Crippen LogP contribution is -2.21. The van der Waals surface area contributed by atoms with Gasteiger partial charge in [0.05, 0.1) is 0 Å². The van der Waals surface area contributed by atoms with Crippen LogP contribution in [0.1, 0.15) is 6.42 Å². The van der Waals surface area contributed by atoms with E-state index in [9.17, 15) is 9.18 Å². The number of halogens is 2. The summed E-state index contributed by atoms with van der Waals surface area (Å²) in [5, 5.41) is 2.65. The molecule has 0 aliphatic carbocycles. The number of amides is 1. The molecule has 1 fully saturated rings. The molecule has 1 N–H and O–H groups in total. The second-order valence-corrected chi connectivity index (χ2v) is 5.31. The first kappa shape index (κ1) is 14.1. The van der Waals surface area contributed by atoms with Crippen LogP contribution in [-0.2, 0) is 4.79 Å². The van der Waals surface area contributed by atoms with Crippen molar-refractivity contribution in [3.63, 3.8) is 0 Å². The van der Waals surface area contributed by atoms with Crippen molar-refractivity contribution >= 4 is 27.7 Å². The highest BCUT2D eigenvalue weighted by molar-refractivity contribution is 9.10. The van der Waals surface area contributed by atoms with Gasteiger partial charge in [0.15, 0.2) is 0 Å². The summed E-state index contributed by atoms with van der Waals surface area (Å²) >= 11 is 3.27. The number of carbonyl (C=O) groups is 1. The van der Waals surface area contributed by atoms with E-state index in [1.165, 1.54) is 6.08 Å². The number of nitrogens with zero attached hydrogens (tertiary/aromatic N) is 2. The predicted octanol–water partition coefficient (Wildman–Crippen LogP) is 2.38. The third-order valence-corrected chi connectivity index (χ3v) is 3.30. The normalized spacial score (nSPS) is 20.0. The Hall–Kier alpha value is -1.27. The van der Waals surface area contributed by atoms with Crippen LogP contribution >= 0.6 is 15.9 Å². The van der Waals surface area contributed by atoms with Crippen LogP contribution in [0, 0.1) is 0 Å². The lowest BCUT2D eigenvalue weighted by Gasteiger charge is -2.10.